The van der Waals surface area contributed by atoms with Gasteiger partial charge in [-0.2, -0.15) is 0 Å². The predicted octanol–water partition coefficient (Wildman–Crippen LogP) is 2.10. The zero-order valence-electron chi connectivity index (χ0n) is 10.5. The van der Waals surface area contributed by atoms with Gasteiger partial charge in [-0.15, -0.1) is 0 Å². The standard InChI is InChI=1S/C12H12N4O3/c1-13-12-14-7-9(16(17)18)11(15-12)8-5-3-4-6-10(8)19-2/h3-7H,1-2H3,(H,13,14,15). The van der Waals surface area contributed by atoms with Gasteiger partial charge < -0.3 is 10.1 Å². The van der Waals surface area contributed by atoms with Gasteiger partial charge in [-0.25, -0.2) is 9.97 Å². The van der Waals surface area contributed by atoms with Crippen molar-refractivity contribution in [3.63, 3.8) is 0 Å². The molecule has 19 heavy (non-hydrogen) atoms. The summed E-state index contributed by atoms with van der Waals surface area (Å²) in [4.78, 5) is 18.5. The highest BCUT2D eigenvalue weighted by atomic mass is 16.6. The van der Waals surface area contributed by atoms with Crippen LogP contribution in [-0.4, -0.2) is 29.0 Å². The first-order valence-electron chi connectivity index (χ1n) is 5.50. The van der Waals surface area contributed by atoms with Gasteiger partial charge in [0, 0.05) is 12.6 Å². The van der Waals surface area contributed by atoms with Gasteiger partial charge in [-0.3, -0.25) is 10.1 Å². The summed E-state index contributed by atoms with van der Waals surface area (Å²) in [5, 5.41) is 13.8. The van der Waals surface area contributed by atoms with Crippen LogP contribution in [0.5, 0.6) is 5.75 Å². The van der Waals surface area contributed by atoms with Gasteiger partial charge in [0.05, 0.1) is 12.0 Å². The molecule has 2 aromatic rings. The van der Waals surface area contributed by atoms with Crippen molar-refractivity contribution in [2.24, 2.45) is 0 Å². The third kappa shape index (κ3) is 2.44. The Morgan fingerprint density at radius 1 is 1.37 bits per heavy atom. The molecule has 1 aromatic heterocycles. The van der Waals surface area contributed by atoms with E-state index in [1.165, 1.54) is 13.3 Å². The number of hydrogen-bond acceptors (Lipinski definition) is 6. The lowest BCUT2D eigenvalue weighted by molar-refractivity contribution is -0.384. The van der Waals surface area contributed by atoms with Gasteiger partial charge in [0.1, 0.15) is 11.9 Å². The topological polar surface area (TPSA) is 90.2 Å². The van der Waals surface area contributed by atoms with Gasteiger partial charge in [0.15, 0.2) is 5.69 Å². The fourth-order valence-electron chi connectivity index (χ4n) is 1.67. The maximum absolute atomic E-state index is 11.1. The zero-order valence-corrected chi connectivity index (χ0v) is 10.5. The molecule has 2 rings (SSSR count). The number of anilines is 1. The molecule has 0 aliphatic heterocycles. The maximum Gasteiger partial charge on any atom is 0.313 e. The summed E-state index contributed by atoms with van der Waals surface area (Å²) in [5.74, 6) is 0.831. The lowest BCUT2D eigenvalue weighted by Crippen LogP contribution is -2.02. The molecule has 98 valence electrons. The van der Waals surface area contributed by atoms with Crippen LogP contribution in [0.1, 0.15) is 0 Å². The average molecular weight is 260 g/mol. The largest absolute Gasteiger partial charge is 0.496 e. The van der Waals surface area contributed by atoms with Crippen LogP contribution in [-0.2, 0) is 0 Å². The molecule has 0 aliphatic rings. The molecule has 0 amide bonds. The SMILES string of the molecule is CNc1ncc([N+](=O)[O-])c(-c2ccccc2OC)n1. The van der Waals surface area contributed by atoms with Crippen molar-refractivity contribution in [2.45, 2.75) is 0 Å². The van der Waals surface area contributed by atoms with E-state index in [2.05, 4.69) is 15.3 Å². The van der Waals surface area contributed by atoms with E-state index >= 15 is 0 Å². The number of nitro groups is 1. The van der Waals surface area contributed by atoms with Crippen molar-refractivity contribution in [3.8, 4) is 17.0 Å². The Morgan fingerprint density at radius 3 is 2.74 bits per heavy atom. The Bertz CT molecular complexity index is 616. The fourth-order valence-corrected chi connectivity index (χ4v) is 1.67. The lowest BCUT2D eigenvalue weighted by Gasteiger charge is -2.08. The van der Waals surface area contributed by atoms with Crippen LogP contribution in [0, 0.1) is 10.1 Å². The van der Waals surface area contributed by atoms with Crippen LogP contribution in [0.25, 0.3) is 11.3 Å². The molecule has 0 saturated heterocycles. The van der Waals surface area contributed by atoms with Crippen molar-refractivity contribution < 1.29 is 9.66 Å². The predicted molar refractivity (Wildman–Crippen MR) is 70.2 cm³/mol. The van der Waals surface area contributed by atoms with E-state index in [0.29, 0.717) is 17.3 Å². The van der Waals surface area contributed by atoms with Gasteiger partial charge in [0.25, 0.3) is 0 Å². The molecule has 0 radical (unpaired) electrons. The number of para-hydroxylation sites is 1. The van der Waals surface area contributed by atoms with Gasteiger partial charge >= 0.3 is 5.69 Å². The number of methoxy groups -OCH3 is 1. The third-order valence-corrected chi connectivity index (χ3v) is 2.55. The fraction of sp³-hybridized carbons (Fsp3) is 0.167. The summed E-state index contributed by atoms with van der Waals surface area (Å²) >= 11 is 0. The highest BCUT2D eigenvalue weighted by Crippen LogP contribution is 2.34. The van der Waals surface area contributed by atoms with Crippen LogP contribution >= 0.6 is 0 Å². The number of nitrogens with one attached hydrogen (secondary N) is 1. The van der Waals surface area contributed by atoms with E-state index in [4.69, 9.17) is 4.74 Å². The normalized spacial score (nSPS) is 10.0. The Kier molecular flexibility index (Phi) is 3.56. The molecule has 0 saturated carbocycles. The molecule has 7 nitrogen and oxygen atoms in total. The molecule has 1 N–H and O–H groups in total. The Hall–Kier alpha value is -2.70. The Labute approximate surface area is 109 Å². The van der Waals surface area contributed by atoms with Crippen LogP contribution in [0.4, 0.5) is 11.6 Å². The Morgan fingerprint density at radius 2 is 2.11 bits per heavy atom. The Balaban J connectivity index is 2.68. The smallest absolute Gasteiger partial charge is 0.313 e. The van der Waals surface area contributed by atoms with E-state index < -0.39 is 4.92 Å². The van der Waals surface area contributed by atoms with Crippen molar-refractivity contribution >= 4 is 11.6 Å². The maximum atomic E-state index is 11.1. The minimum atomic E-state index is -0.513. The first kappa shape index (κ1) is 12.7. The monoisotopic (exact) mass is 260 g/mol. The number of aromatic nitrogens is 2. The van der Waals surface area contributed by atoms with E-state index in [1.54, 1.807) is 31.3 Å². The van der Waals surface area contributed by atoms with Crippen molar-refractivity contribution in [1.82, 2.24) is 9.97 Å². The molecule has 1 aromatic carbocycles. The summed E-state index contributed by atoms with van der Waals surface area (Å²) < 4.78 is 5.20. The van der Waals surface area contributed by atoms with Crippen LogP contribution in [0.2, 0.25) is 0 Å². The quantitative estimate of drug-likeness (QED) is 0.668. The molecule has 1 heterocycles. The van der Waals surface area contributed by atoms with E-state index in [9.17, 15) is 10.1 Å². The second-order valence-electron chi connectivity index (χ2n) is 3.63. The molecule has 0 bridgehead atoms. The molecular weight excluding hydrogens is 248 g/mol. The summed E-state index contributed by atoms with van der Waals surface area (Å²) in [5.41, 5.74) is 0.612. The van der Waals surface area contributed by atoms with Crippen molar-refractivity contribution in [2.75, 3.05) is 19.5 Å². The molecule has 0 atom stereocenters. The molecule has 7 heteroatoms. The highest BCUT2D eigenvalue weighted by Gasteiger charge is 2.21. The first-order valence-corrected chi connectivity index (χ1v) is 5.50. The zero-order chi connectivity index (χ0) is 13.8. The highest BCUT2D eigenvalue weighted by molar-refractivity contribution is 5.75. The second-order valence-corrected chi connectivity index (χ2v) is 3.63. The van der Waals surface area contributed by atoms with Gasteiger partial charge in [-0.1, -0.05) is 12.1 Å². The van der Waals surface area contributed by atoms with Gasteiger partial charge in [-0.05, 0) is 12.1 Å². The summed E-state index contributed by atoms with van der Waals surface area (Å²) in [6.07, 6.45) is 1.18. The molecular formula is C12H12N4O3. The minimum absolute atomic E-state index is 0.163. The summed E-state index contributed by atoms with van der Waals surface area (Å²) in [6.45, 7) is 0. The molecule has 0 unspecified atom stereocenters. The first-order chi connectivity index (χ1) is 9.17. The van der Waals surface area contributed by atoms with Crippen LogP contribution in [0.3, 0.4) is 0 Å². The van der Waals surface area contributed by atoms with Crippen molar-refractivity contribution in [3.05, 3.63) is 40.6 Å². The number of benzene rings is 1. The minimum Gasteiger partial charge on any atom is -0.496 e. The second kappa shape index (κ2) is 5.30. The van der Waals surface area contributed by atoms with E-state index in [0.717, 1.165) is 0 Å². The third-order valence-electron chi connectivity index (χ3n) is 2.55. The number of hydrogen-bond donors (Lipinski definition) is 1. The van der Waals surface area contributed by atoms with E-state index in [1.807, 2.05) is 0 Å². The van der Waals surface area contributed by atoms with Crippen LogP contribution < -0.4 is 10.1 Å². The summed E-state index contributed by atoms with van der Waals surface area (Å²) in [7, 11) is 3.15. The lowest BCUT2D eigenvalue weighted by atomic mass is 10.1. The van der Waals surface area contributed by atoms with Crippen LogP contribution in [0.15, 0.2) is 30.5 Å². The molecule has 0 spiro atoms. The summed E-state index contributed by atoms with van der Waals surface area (Å²) in [6, 6.07) is 6.99. The molecule has 0 aliphatic carbocycles. The number of nitrogens with zero attached hydrogens (tertiary/aromatic N) is 3. The van der Waals surface area contributed by atoms with E-state index in [-0.39, 0.29) is 11.4 Å². The molecule has 0 fully saturated rings. The number of rotatable bonds is 4. The van der Waals surface area contributed by atoms with Gasteiger partial charge in [0.2, 0.25) is 5.95 Å². The average Bonchev–Trinajstić information content (AvgIpc) is 2.46. The van der Waals surface area contributed by atoms with Crippen molar-refractivity contribution in [1.29, 1.82) is 0 Å². The number of ether oxygens (including phenoxy) is 1.